The molecule has 0 spiro atoms. The second kappa shape index (κ2) is 6.12. The number of carbonyl (C=O) groups is 3. The third kappa shape index (κ3) is 3.12. The summed E-state index contributed by atoms with van der Waals surface area (Å²) in [6.45, 7) is 5.34. The zero-order valence-corrected chi connectivity index (χ0v) is 13.4. The molecule has 23 heavy (non-hydrogen) atoms. The van der Waals surface area contributed by atoms with Gasteiger partial charge in [-0.15, -0.1) is 0 Å². The first kappa shape index (κ1) is 15.7. The molecule has 0 aliphatic carbocycles. The monoisotopic (exact) mass is 315 g/mol. The molecule has 6 heteroatoms. The van der Waals surface area contributed by atoms with E-state index in [4.69, 9.17) is 0 Å². The Morgan fingerprint density at radius 3 is 2.78 bits per heavy atom. The van der Waals surface area contributed by atoms with Crippen molar-refractivity contribution in [1.29, 1.82) is 0 Å². The van der Waals surface area contributed by atoms with Crippen LogP contribution in [0.2, 0.25) is 0 Å². The van der Waals surface area contributed by atoms with E-state index in [2.05, 4.69) is 24.5 Å². The van der Waals surface area contributed by atoms with Crippen molar-refractivity contribution in [1.82, 2.24) is 15.5 Å². The maximum absolute atomic E-state index is 12.5. The fraction of sp³-hybridized carbons (Fsp3) is 0.471. The molecule has 2 aliphatic heterocycles. The van der Waals surface area contributed by atoms with Crippen molar-refractivity contribution in [3.05, 3.63) is 34.9 Å². The minimum absolute atomic E-state index is 0.127. The van der Waals surface area contributed by atoms with Gasteiger partial charge < -0.3 is 10.2 Å². The second-order valence-electron chi connectivity index (χ2n) is 6.43. The summed E-state index contributed by atoms with van der Waals surface area (Å²) in [7, 11) is 0. The minimum atomic E-state index is -0.551. The number of imide groups is 1. The molecule has 0 aromatic heterocycles. The highest BCUT2D eigenvalue weighted by Crippen LogP contribution is 2.28. The lowest BCUT2D eigenvalue weighted by Crippen LogP contribution is -2.52. The van der Waals surface area contributed by atoms with Gasteiger partial charge in [0.2, 0.25) is 11.8 Å². The van der Waals surface area contributed by atoms with Crippen molar-refractivity contribution < 1.29 is 14.4 Å². The summed E-state index contributed by atoms with van der Waals surface area (Å²) in [5.74, 6) is -0.764. The number of rotatable bonds is 4. The third-order valence-corrected chi connectivity index (χ3v) is 4.30. The summed E-state index contributed by atoms with van der Waals surface area (Å²) in [4.78, 5) is 37.4. The van der Waals surface area contributed by atoms with Gasteiger partial charge in [-0.2, -0.15) is 0 Å². The van der Waals surface area contributed by atoms with E-state index in [-0.39, 0.29) is 24.1 Å². The van der Waals surface area contributed by atoms with Gasteiger partial charge in [0.1, 0.15) is 6.04 Å². The lowest BCUT2D eigenvalue weighted by Gasteiger charge is -2.29. The maximum Gasteiger partial charge on any atom is 0.255 e. The Bertz CT molecular complexity index is 669. The van der Waals surface area contributed by atoms with E-state index in [0.717, 1.165) is 17.7 Å². The second-order valence-corrected chi connectivity index (χ2v) is 6.43. The molecule has 1 unspecified atom stereocenters. The van der Waals surface area contributed by atoms with E-state index in [1.54, 1.807) is 4.90 Å². The lowest BCUT2D eigenvalue weighted by molar-refractivity contribution is -0.136. The van der Waals surface area contributed by atoms with Crippen LogP contribution in [0.5, 0.6) is 0 Å². The number of fused-ring (bicyclic) bond motifs is 1. The number of piperidine rings is 1. The Balaban J connectivity index is 1.76. The number of nitrogens with one attached hydrogen (secondary N) is 2. The molecule has 1 saturated heterocycles. The van der Waals surface area contributed by atoms with Gasteiger partial charge in [0.15, 0.2) is 0 Å². The molecule has 1 aromatic rings. The van der Waals surface area contributed by atoms with Crippen LogP contribution in [0.1, 0.15) is 48.2 Å². The molecular weight excluding hydrogens is 294 g/mol. The number of benzene rings is 1. The molecule has 3 rings (SSSR count). The Kier molecular flexibility index (Phi) is 4.17. The van der Waals surface area contributed by atoms with Crippen LogP contribution in [0.25, 0.3) is 0 Å². The molecule has 2 N–H and O–H groups in total. The van der Waals surface area contributed by atoms with Crippen molar-refractivity contribution in [3.63, 3.8) is 0 Å². The van der Waals surface area contributed by atoms with Crippen LogP contribution in [-0.2, 0) is 22.7 Å². The summed E-state index contributed by atoms with van der Waals surface area (Å²) >= 11 is 0. The van der Waals surface area contributed by atoms with Gasteiger partial charge in [0.05, 0.1) is 0 Å². The van der Waals surface area contributed by atoms with E-state index in [1.807, 2.05) is 18.2 Å². The summed E-state index contributed by atoms with van der Waals surface area (Å²) < 4.78 is 0. The number of hydrogen-bond acceptors (Lipinski definition) is 4. The first-order chi connectivity index (χ1) is 11.0. The average Bonchev–Trinajstić information content (AvgIpc) is 2.82. The van der Waals surface area contributed by atoms with Crippen LogP contribution in [0.4, 0.5) is 0 Å². The largest absolute Gasteiger partial charge is 0.322 e. The molecule has 6 nitrogen and oxygen atoms in total. The zero-order valence-electron chi connectivity index (χ0n) is 13.4. The smallest absolute Gasteiger partial charge is 0.255 e. The van der Waals surface area contributed by atoms with E-state index in [0.29, 0.717) is 24.6 Å². The predicted molar refractivity (Wildman–Crippen MR) is 84.5 cm³/mol. The fourth-order valence-electron chi connectivity index (χ4n) is 3.06. The third-order valence-electron chi connectivity index (χ3n) is 4.30. The van der Waals surface area contributed by atoms with E-state index in [9.17, 15) is 14.4 Å². The summed E-state index contributed by atoms with van der Waals surface area (Å²) in [5, 5.41) is 5.67. The highest BCUT2D eigenvalue weighted by molar-refractivity contribution is 6.05. The van der Waals surface area contributed by atoms with Crippen molar-refractivity contribution >= 4 is 17.7 Å². The average molecular weight is 315 g/mol. The highest BCUT2D eigenvalue weighted by Gasteiger charge is 2.38. The van der Waals surface area contributed by atoms with Crippen LogP contribution >= 0.6 is 0 Å². The molecule has 2 heterocycles. The first-order valence-electron chi connectivity index (χ1n) is 7.95. The lowest BCUT2D eigenvalue weighted by atomic mass is 10.0. The Labute approximate surface area is 135 Å². The van der Waals surface area contributed by atoms with Crippen LogP contribution < -0.4 is 10.6 Å². The SMILES string of the molecule is CC(C)NCc1ccc2c(c1)CN(C1CCC(=O)NC1=O)C2=O. The standard InChI is InChI=1S/C17H21N3O3/c1-10(2)18-8-11-3-4-13-12(7-11)9-20(17(13)23)14-5-6-15(21)19-16(14)22/h3-4,7,10,14,18H,5-6,8-9H2,1-2H3,(H,19,21,22). The maximum atomic E-state index is 12.5. The number of nitrogens with zero attached hydrogens (tertiary/aromatic N) is 1. The fourth-order valence-corrected chi connectivity index (χ4v) is 3.06. The van der Waals surface area contributed by atoms with Crippen molar-refractivity contribution in [2.45, 2.75) is 51.9 Å². The molecular formula is C17H21N3O3. The molecule has 1 atom stereocenters. The molecule has 1 fully saturated rings. The van der Waals surface area contributed by atoms with Gasteiger partial charge in [0.25, 0.3) is 5.91 Å². The van der Waals surface area contributed by atoms with Gasteiger partial charge in [-0.05, 0) is 23.6 Å². The van der Waals surface area contributed by atoms with E-state index < -0.39 is 6.04 Å². The van der Waals surface area contributed by atoms with E-state index >= 15 is 0 Å². The van der Waals surface area contributed by atoms with Crippen molar-refractivity contribution in [2.75, 3.05) is 0 Å². The molecule has 2 aliphatic rings. The summed E-state index contributed by atoms with van der Waals surface area (Å²) in [5.41, 5.74) is 2.72. The van der Waals surface area contributed by atoms with E-state index in [1.165, 1.54) is 0 Å². The van der Waals surface area contributed by atoms with Crippen LogP contribution in [0, 0.1) is 0 Å². The molecule has 1 aromatic carbocycles. The minimum Gasteiger partial charge on any atom is -0.322 e. The Morgan fingerprint density at radius 2 is 2.09 bits per heavy atom. The number of amides is 3. The van der Waals surface area contributed by atoms with Gasteiger partial charge in [-0.1, -0.05) is 26.0 Å². The highest BCUT2D eigenvalue weighted by atomic mass is 16.2. The molecule has 0 radical (unpaired) electrons. The van der Waals surface area contributed by atoms with Crippen molar-refractivity contribution in [3.8, 4) is 0 Å². The number of hydrogen-bond donors (Lipinski definition) is 2. The van der Waals surface area contributed by atoms with Crippen LogP contribution in [0.3, 0.4) is 0 Å². The normalized spacial score (nSPS) is 20.9. The quantitative estimate of drug-likeness (QED) is 0.811. The first-order valence-corrected chi connectivity index (χ1v) is 7.95. The van der Waals surface area contributed by atoms with Gasteiger partial charge >= 0.3 is 0 Å². The van der Waals surface area contributed by atoms with Crippen LogP contribution in [0.15, 0.2) is 18.2 Å². The van der Waals surface area contributed by atoms with Gasteiger partial charge in [-0.3, -0.25) is 19.7 Å². The summed E-state index contributed by atoms with van der Waals surface area (Å²) in [6.07, 6.45) is 0.673. The molecule has 122 valence electrons. The van der Waals surface area contributed by atoms with Crippen LogP contribution in [-0.4, -0.2) is 34.7 Å². The number of carbonyl (C=O) groups excluding carboxylic acids is 3. The van der Waals surface area contributed by atoms with Gasteiger partial charge in [-0.25, -0.2) is 0 Å². The topological polar surface area (TPSA) is 78.5 Å². The molecule has 0 bridgehead atoms. The van der Waals surface area contributed by atoms with Crippen molar-refractivity contribution in [2.24, 2.45) is 0 Å². The molecule has 3 amide bonds. The van der Waals surface area contributed by atoms with Gasteiger partial charge in [0, 0.05) is 31.1 Å². The molecule has 0 saturated carbocycles. The predicted octanol–water partition coefficient (Wildman–Crippen LogP) is 0.946. The zero-order chi connectivity index (χ0) is 16.6. The Morgan fingerprint density at radius 1 is 1.30 bits per heavy atom. The summed E-state index contributed by atoms with van der Waals surface area (Å²) in [6, 6.07) is 5.64. The Hall–Kier alpha value is -2.21.